The molecule has 2 aliphatic heterocycles. The number of aliphatic hydroxyl groups excluding tert-OH is 1. The Hall–Kier alpha value is -6.49. The lowest BCUT2D eigenvalue weighted by Crippen LogP contribution is -2.36. The summed E-state index contributed by atoms with van der Waals surface area (Å²) in [5.74, 6) is -5.79. The second kappa shape index (κ2) is 13.7. The topological polar surface area (TPSA) is 234 Å². The molecule has 1 unspecified atom stereocenters. The van der Waals surface area contributed by atoms with Crippen LogP contribution in [-0.4, -0.2) is 84.4 Å². The zero-order valence-electron chi connectivity index (χ0n) is 25.9. The molecule has 3 aromatic rings. The number of imide groups is 1. The number of nitrogens with zero attached hydrogens (tertiary/aromatic N) is 3. The molecule has 17 nitrogen and oxygen atoms in total. The smallest absolute Gasteiger partial charge is 0.349 e. The van der Waals surface area contributed by atoms with E-state index in [1.807, 2.05) is 0 Å². The van der Waals surface area contributed by atoms with E-state index in [0.717, 1.165) is 22.0 Å². The van der Waals surface area contributed by atoms with Gasteiger partial charge in [-0.25, -0.2) is 9.69 Å². The van der Waals surface area contributed by atoms with E-state index >= 15 is 0 Å². The van der Waals surface area contributed by atoms with Gasteiger partial charge >= 0.3 is 23.5 Å². The summed E-state index contributed by atoms with van der Waals surface area (Å²) < 4.78 is 15.4. The summed E-state index contributed by atoms with van der Waals surface area (Å²) in [6.45, 7) is -0.0273. The van der Waals surface area contributed by atoms with Gasteiger partial charge in [-0.3, -0.25) is 33.7 Å². The van der Waals surface area contributed by atoms with Crippen molar-refractivity contribution in [1.82, 2.24) is 0 Å². The minimum atomic E-state index is -1.57. The third-order valence-electron chi connectivity index (χ3n) is 7.56. The summed E-state index contributed by atoms with van der Waals surface area (Å²) >= 11 is 0. The predicted octanol–water partition coefficient (Wildman–Crippen LogP) is 1.40. The van der Waals surface area contributed by atoms with Crippen LogP contribution in [0.3, 0.4) is 0 Å². The van der Waals surface area contributed by atoms with Gasteiger partial charge in [0.25, 0.3) is 17.7 Å². The Balaban J connectivity index is 1.48. The highest BCUT2D eigenvalue weighted by Gasteiger charge is 2.37. The lowest BCUT2D eigenvalue weighted by Gasteiger charge is -2.25. The number of hydrogen-bond donors (Lipinski definition) is 4. The average molecular weight is 677 g/mol. The summed E-state index contributed by atoms with van der Waals surface area (Å²) in [7, 11) is 2.45. The number of carbonyl (C=O) groups is 6. The lowest BCUT2D eigenvalue weighted by atomic mass is 10.1. The van der Waals surface area contributed by atoms with Crippen molar-refractivity contribution in [3.05, 3.63) is 82.1 Å². The number of rotatable bonds is 13. The second-order valence-corrected chi connectivity index (χ2v) is 10.7. The number of fused-ring (bicyclic) bond motifs is 1. The van der Waals surface area contributed by atoms with Gasteiger partial charge in [-0.05, 0) is 36.4 Å². The van der Waals surface area contributed by atoms with Crippen molar-refractivity contribution in [3.63, 3.8) is 0 Å². The molecular weight excluding hydrogens is 648 g/mol. The molecule has 0 saturated heterocycles. The van der Waals surface area contributed by atoms with Crippen LogP contribution >= 0.6 is 0 Å². The number of carboxylic acids is 2. The third kappa shape index (κ3) is 6.96. The molecule has 17 heteroatoms. The Kier molecular flexibility index (Phi) is 9.47. The third-order valence-corrected chi connectivity index (χ3v) is 7.56. The Morgan fingerprint density at radius 3 is 2.14 bits per heavy atom. The minimum Gasteiger partial charge on any atom is -0.496 e. The van der Waals surface area contributed by atoms with E-state index in [4.69, 9.17) is 24.1 Å². The molecule has 0 fully saturated rings. The van der Waals surface area contributed by atoms with Crippen molar-refractivity contribution in [2.45, 2.75) is 19.1 Å². The van der Waals surface area contributed by atoms with Gasteiger partial charge in [-0.1, -0.05) is 0 Å². The number of nitrogens with one attached hydrogen (secondary N) is 1. The first-order valence-corrected chi connectivity index (χ1v) is 14.4. The van der Waals surface area contributed by atoms with Gasteiger partial charge in [-0.15, -0.1) is 0 Å². The van der Waals surface area contributed by atoms with E-state index in [9.17, 15) is 38.7 Å². The summed E-state index contributed by atoms with van der Waals surface area (Å²) in [6.07, 6.45) is -0.131. The molecule has 0 spiro atoms. The largest absolute Gasteiger partial charge is 0.496 e. The van der Waals surface area contributed by atoms with Crippen LogP contribution in [0.2, 0.25) is 0 Å². The zero-order valence-corrected chi connectivity index (χ0v) is 25.9. The van der Waals surface area contributed by atoms with Gasteiger partial charge in [0.15, 0.2) is 17.7 Å². The molecule has 254 valence electrons. The fourth-order valence-corrected chi connectivity index (χ4v) is 5.21. The number of carboxylic acid groups (broad SMARTS) is 2. The fraction of sp³-hybridized carbons (Fsp3) is 0.219. The number of aliphatic carboxylic acids is 2. The maximum absolute atomic E-state index is 13.4. The van der Waals surface area contributed by atoms with Crippen molar-refractivity contribution >= 4 is 69.3 Å². The molecule has 4 amide bonds. The van der Waals surface area contributed by atoms with Gasteiger partial charge < -0.3 is 39.4 Å². The molecule has 3 heterocycles. The molecular formula is C32H28N4O13. The van der Waals surface area contributed by atoms with Crippen molar-refractivity contribution in [2.24, 2.45) is 0 Å². The number of hydrogen-bond acceptors (Lipinski definition) is 12. The van der Waals surface area contributed by atoms with Crippen LogP contribution in [0.5, 0.6) is 0 Å². The molecule has 0 aliphatic carbocycles. The quantitative estimate of drug-likeness (QED) is 0.148. The predicted molar refractivity (Wildman–Crippen MR) is 170 cm³/mol. The number of ether oxygens (including phenoxy) is 2. The molecule has 0 bridgehead atoms. The SMILES string of the molecule is COC1=CC(=O)N(c2cc(NC(=O)c3cc4ccc(N(CCC(=O)O)CCC(=O)O)cc4oc3=O)cc(N3C(=O)C=C(OC)C3O)c2)C1=O. The highest BCUT2D eigenvalue weighted by Crippen LogP contribution is 2.35. The van der Waals surface area contributed by atoms with Gasteiger partial charge in [0.2, 0.25) is 0 Å². The van der Waals surface area contributed by atoms with Crippen LogP contribution in [0, 0.1) is 0 Å². The molecule has 4 N–H and O–H groups in total. The Labute approximate surface area is 275 Å². The van der Waals surface area contributed by atoms with Crippen molar-refractivity contribution in [2.75, 3.05) is 47.3 Å². The maximum Gasteiger partial charge on any atom is 0.349 e. The maximum atomic E-state index is 13.4. The highest BCUT2D eigenvalue weighted by atomic mass is 16.5. The molecule has 1 aromatic heterocycles. The Bertz CT molecular complexity index is 2010. The van der Waals surface area contributed by atoms with E-state index in [1.54, 1.807) is 6.07 Å². The van der Waals surface area contributed by atoms with E-state index in [-0.39, 0.29) is 60.1 Å². The summed E-state index contributed by atoms with van der Waals surface area (Å²) in [4.78, 5) is 90.2. The Morgan fingerprint density at radius 1 is 0.878 bits per heavy atom. The average Bonchev–Trinajstić information content (AvgIpc) is 3.51. The molecule has 1 atom stereocenters. The van der Waals surface area contributed by atoms with Crippen LogP contribution in [0.1, 0.15) is 23.2 Å². The number of anilines is 4. The lowest BCUT2D eigenvalue weighted by molar-refractivity contribution is -0.137. The highest BCUT2D eigenvalue weighted by molar-refractivity contribution is 6.30. The minimum absolute atomic E-state index is 0.0136. The number of amides is 4. The monoisotopic (exact) mass is 676 g/mol. The van der Waals surface area contributed by atoms with Gasteiger partial charge in [0.05, 0.1) is 44.5 Å². The second-order valence-electron chi connectivity index (χ2n) is 10.7. The number of methoxy groups -OCH3 is 2. The molecule has 0 saturated carbocycles. The van der Waals surface area contributed by atoms with Crippen LogP contribution in [0.4, 0.5) is 22.7 Å². The normalized spacial score (nSPS) is 15.7. The fourth-order valence-electron chi connectivity index (χ4n) is 5.21. The van der Waals surface area contributed by atoms with Gasteiger partial charge in [-0.2, -0.15) is 0 Å². The zero-order chi connectivity index (χ0) is 35.6. The first-order valence-electron chi connectivity index (χ1n) is 14.4. The Morgan fingerprint density at radius 2 is 1.55 bits per heavy atom. The summed E-state index contributed by atoms with van der Waals surface area (Å²) in [6, 6.07) is 9.48. The first-order chi connectivity index (χ1) is 23.3. The molecule has 5 rings (SSSR count). The molecule has 2 aromatic carbocycles. The van der Waals surface area contributed by atoms with Crippen molar-refractivity contribution in [1.29, 1.82) is 0 Å². The van der Waals surface area contributed by atoms with E-state index in [2.05, 4.69) is 5.32 Å². The van der Waals surface area contributed by atoms with E-state index in [0.29, 0.717) is 11.1 Å². The first kappa shape index (κ1) is 33.9. The van der Waals surface area contributed by atoms with Crippen molar-refractivity contribution < 1.29 is 58.0 Å². The summed E-state index contributed by atoms with van der Waals surface area (Å²) in [5, 5.41) is 31.7. The van der Waals surface area contributed by atoms with E-state index in [1.165, 1.54) is 55.5 Å². The summed E-state index contributed by atoms with van der Waals surface area (Å²) in [5.41, 5.74) is -1.32. The molecule has 0 radical (unpaired) electrons. The molecule has 49 heavy (non-hydrogen) atoms. The van der Waals surface area contributed by atoms with Crippen LogP contribution in [0.25, 0.3) is 11.0 Å². The van der Waals surface area contributed by atoms with Crippen LogP contribution < -0.4 is 25.6 Å². The van der Waals surface area contributed by atoms with Crippen molar-refractivity contribution in [3.8, 4) is 0 Å². The standard InChI is InChI=1S/C32H28N4O13/c1-47-23-14-25(37)35(30(23)44)19-10-17(11-20(12-19)36-26(38)15-24(48-2)31(36)45)33-29(43)21-9-16-3-4-18(13-22(16)49-32(21)46)34(7-5-27(39)40)8-6-28(41)42/h3-4,9-15,30,44H,5-8H2,1-2H3,(H,33,43)(H,39,40)(H,41,42). The molecule has 2 aliphatic rings. The van der Waals surface area contributed by atoms with Gasteiger partial charge in [0.1, 0.15) is 11.1 Å². The van der Waals surface area contributed by atoms with E-state index < -0.39 is 53.0 Å². The van der Waals surface area contributed by atoms with Crippen LogP contribution in [0.15, 0.2) is 75.3 Å². The number of aliphatic hydroxyl groups is 1. The van der Waals surface area contributed by atoms with Crippen LogP contribution in [-0.2, 0) is 33.4 Å². The van der Waals surface area contributed by atoms with Gasteiger partial charge in [0, 0.05) is 42.0 Å². The number of carbonyl (C=O) groups excluding carboxylic acids is 4. The number of benzene rings is 2.